The smallest absolute Gasteiger partial charge is 0.325 e. The van der Waals surface area contributed by atoms with Crippen LogP contribution >= 0.6 is 0 Å². The van der Waals surface area contributed by atoms with E-state index in [4.69, 9.17) is 5.11 Å². The van der Waals surface area contributed by atoms with E-state index in [2.05, 4.69) is 9.47 Å². The van der Waals surface area contributed by atoms with Crippen LogP contribution in [0.4, 0.5) is 0 Å². The molecule has 0 aromatic rings. The maximum Gasteiger partial charge on any atom is 0.325 e. The fourth-order valence-corrected chi connectivity index (χ4v) is 5.37. The van der Waals surface area contributed by atoms with Crippen LogP contribution in [0.15, 0.2) is 0 Å². The lowest BCUT2D eigenvalue weighted by Crippen LogP contribution is -2.36. The number of sulfone groups is 1. The predicted octanol–water partition coefficient (Wildman–Crippen LogP) is -0.866. The Balaban J connectivity index is 3.36. The molecule has 1 atom stereocenters. The number of aliphatic hydroxyl groups excluding tert-OH is 1. The molecule has 7 nitrogen and oxygen atoms in total. The Labute approximate surface area is 111 Å². The van der Waals surface area contributed by atoms with Gasteiger partial charge in [-0.2, -0.15) is 0 Å². The van der Waals surface area contributed by atoms with Gasteiger partial charge >= 0.3 is 11.9 Å². The summed E-state index contributed by atoms with van der Waals surface area (Å²) in [6.07, 6.45) is 0. The molecule has 0 amide bonds. The van der Waals surface area contributed by atoms with Crippen LogP contribution < -0.4 is 0 Å². The summed E-state index contributed by atoms with van der Waals surface area (Å²) in [5, 5.41) is 7.55. The first kappa shape index (κ1) is 15.9. The van der Waals surface area contributed by atoms with Crippen molar-refractivity contribution in [3.63, 3.8) is 0 Å². The number of carbonyl (C=O) groups excluding carboxylic acids is 2. The summed E-state index contributed by atoms with van der Waals surface area (Å²) in [4.78, 5) is 23.8. The summed E-state index contributed by atoms with van der Waals surface area (Å²) >= 11 is 0. The molecule has 0 radical (unpaired) electrons. The zero-order chi connectivity index (χ0) is 15.1. The fraction of sp³-hybridized carbons (Fsp3) is 0.818. The molecule has 8 heteroatoms. The summed E-state index contributed by atoms with van der Waals surface area (Å²) in [5.74, 6) is -2.39. The van der Waals surface area contributed by atoms with E-state index >= 15 is 0 Å². The molecule has 1 aliphatic carbocycles. The Morgan fingerprint density at radius 3 is 1.89 bits per heavy atom. The minimum absolute atomic E-state index is 0.517. The van der Waals surface area contributed by atoms with E-state index in [9.17, 15) is 18.0 Å². The van der Waals surface area contributed by atoms with Crippen LogP contribution in [-0.2, 0) is 28.9 Å². The van der Waals surface area contributed by atoms with Gasteiger partial charge in [-0.25, -0.2) is 8.42 Å². The molecule has 1 unspecified atom stereocenters. The molecule has 1 fully saturated rings. The summed E-state index contributed by atoms with van der Waals surface area (Å²) in [6, 6.07) is 0. The number of aliphatic hydroxyl groups is 1. The second-order valence-electron chi connectivity index (χ2n) is 4.98. The van der Waals surface area contributed by atoms with Gasteiger partial charge in [0.25, 0.3) is 0 Å². The molecular weight excluding hydrogens is 276 g/mol. The SMILES string of the molecule is COC(=O)C1(C(=O)OC)C(S(=O)(=O)CCO)C1(C)C. The van der Waals surface area contributed by atoms with Crippen LogP contribution in [0.3, 0.4) is 0 Å². The number of methoxy groups -OCH3 is 2. The zero-order valence-electron chi connectivity index (χ0n) is 11.3. The van der Waals surface area contributed by atoms with Gasteiger partial charge in [-0.15, -0.1) is 0 Å². The summed E-state index contributed by atoms with van der Waals surface area (Å²) in [5.41, 5.74) is -2.99. The predicted molar refractivity (Wildman–Crippen MR) is 64.9 cm³/mol. The highest BCUT2D eigenvalue weighted by Crippen LogP contribution is 2.68. The minimum atomic E-state index is -3.81. The van der Waals surface area contributed by atoms with Gasteiger partial charge < -0.3 is 14.6 Å². The molecule has 19 heavy (non-hydrogen) atoms. The lowest BCUT2D eigenvalue weighted by atomic mass is 9.96. The number of esters is 2. The van der Waals surface area contributed by atoms with E-state index in [0.29, 0.717) is 0 Å². The zero-order valence-corrected chi connectivity index (χ0v) is 12.1. The van der Waals surface area contributed by atoms with Gasteiger partial charge in [0.15, 0.2) is 15.3 Å². The van der Waals surface area contributed by atoms with E-state index in [1.54, 1.807) is 0 Å². The number of rotatable bonds is 5. The average Bonchev–Trinajstić information content (AvgIpc) is 2.86. The van der Waals surface area contributed by atoms with Crippen LogP contribution in [0.25, 0.3) is 0 Å². The molecule has 0 spiro atoms. The number of carbonyl (C=O) groups is 2. The maximum absolute atomic E-state index is 12.1. The Morgan fingerprint density at radius 2 is 1.58 bits per heavy atom. The van der Waals surface area contributed by atoms with Crippen molar-refractivity contribution in [3.05, 3.63) is 0 Å². The van der Waals surface area contributed by atoms with Crippen LogP contribution in [0.5, 0.6) is 0 Å². The van der Waals surface area contributed by atoms with Crippen molar-refractivity contribution in [2.75, 3.05) is 26.6 Å². The number of hydrogen-bond acceptors (Lipinski definition) is 7. The monoisotopic (exact) mass is 294 g/mol. The first-order chi connectivity index (χ1) is 8.64. The third-order valence-electron chi connectivity index (χ3n) is 3.73. The first-order valence-electron chi connectivity index (χ1n) is 5.63. The molecule has 0 aromatic heterocycles. The van der Waals surface area contributed by atoms with E-state index < -0.39 is 50.2 Å². The third-order valence-corrected chi connectivity index (χ3v) is 6.14. The van der Waals surface area contributed by atoms with Gasteiger partial charge in [0.2, 0.25) is 0 Å². The first-order valence-corrected chi connectivity index (χ1v) is 7.35. The molecule has 1 aliphatic rings. The lowest BCUT2D eigenvalue weighted by molar-refractivity contribution is -0.163. The molecular formula is C11H18O7S. The maximum atomic E-state index is 12.1. The molecule has 1 saturated carbocycles. The van der Waals surface area contributed by atoms with Gasteiger partial charge in [0, 0.05) is 5.41 Å². The number of hydrogen-bond donors (Lipinski definition) is 1. The van der Waals surface area contributed by atoms with Crippen LogP contribution in [0, 0.1) is 10.8 Å². The Kier molecular flexibility index (Phi) is 3.98. The third kappa shape index (κ3) is 1.93. The highest BCUT2D eigenvalue weighted by Gasteiger charge is 2.86. The van der Waals surface area contributed by atoms with E-state index in [0.717, 1.165) is 14.2 Å². The van der Waals surface area contributed by atoms with Crippen LogP contribution in [-0.4, -0.2) is 57.3 Å². The van der Waals surface area contributed by atoms with Crippen molar-refractivity contribution < 1.29 is 32.6 Å². The Hall–Kier alpha value is -1.15. The molecule has 0 saturated heterocycles. The van der Waals surface area contributed by atoms with E-state index in [-0.39, 0.29) is 0 Å². The summed E-state index contributed by atoms with van der Waals surface area (Å²) in [6.45, 7) is 2.40. The Bertz CT molecular complexity index is 475. The Morgan fingerprint density at radius 1 is 1.16 bits per heavy atom. The standard InChI is InChI=1S/C11H18O7S/c1-10(2)7(19(15,16)6-5-12)11(10,8(13)17-3)9(14)18-4/h7,12H,5-6H2,1-4H3. The highest BCUT2D eigenvalue weighted by molar-refractivity contribution is 7.92. The summed E-state index contributed by atoms with van der Waals surface area (Å²) in [7, 11) is -1.65. The molecule has 0 aromatic carbocycles. The van der Waals surface area contributed by atoms with Gasteiger partial charge in [-0.05, 0) is 0 Å². The largest absolute Gasteiger partial charge is 0.468 e. The molecule has 0 bridgehead atoms. The highest BCUT2D eigenvalue weighted by atomic mass is 32.2. The fourth-order valence-electron chi connectivity index (χ4n) is 2.82. The van der Waals surface area contributed by atoms with Gasteiger partial charge in [0.1, 0.15) is 0 Å². The summed E-state index contributed by atoms with van der Waals surface area (Å²) < 4.78 is 33.3. The molecule has 110 valence electrons. The van der Waals surface area contributed by atoms with Gasteiger partial charge in [-0.1, -0.05) is 13.8 Å². The molecule has 1 N–H and O–H groups in total. The van der Waals surface area contributed by atoms with Crippen molar-refractivity contribution in [3.8, 4) is 0 Å². The van der Waals surface area contributed by atoms with Crippen molar-refractivity contribution >= 4 is 21.8 Å². The second-order valence-corrected chi connectivity index (χ2v) is 7.19. The lowest BCUT2D eigenvalue weighted by Gasteiger charge is -2.14. The molecule has 0 aliphatic heterocycles. The van der Waals surface area contributed by atoms with Crippen LogP contribution in [0.2, 0.25) is 0 Å². The molecule has 1 rings (SSSR count). The van der Waals surface area contributed by atoms with Crippen LogP contribution in [0.1, 0.15) is 13.8 Å². The second kappa shape index (κ2) is 4.75. The minimum Gasteiger partial charge on any atom is -0.468 e. The van der Waals surface area contributed by atoms with Crippen molar-refractivity contribution in [2.24, 2.45) is 10.8 Å². The van der Waals surface area contributed by atoms with Crippen molar-refractivity contribution in [1.29, 1.82) is 0 Å². The van der Waals surface area contributed by atoms with Gasteiger partial charge in [0.05, 0.1) is 31.8 Å². The normalized spacial score (nSPS) is 23.5. The van der Waals surface area contributed by atoms with E-state index in [1.165, 1.54) is 13.8 Å². The van der Waals surface area contributed by atoms with Gasteiger partial charge in [-0.3, -0.25) is 9.59 Å². The quantitative estimate of drug-likeness (QED) is 0.519. The topological polar surface area (TPSA) is 107 Å². The van der Waals surface area contributed by atoms with E-state index in [1.807, 2.05) is 0 Å². The number of ether oxygens (including phenoxy) is 2. The molecule has 0 heterocycles. The van der Waals surface area contributed by atoms with Crippen molar-refractivity contribution in [2.45, 2.75) is 19.1 Å². The van der Waals surface area contributed by atoms with Crippen molar-refractivity contribution in [1.82, 2.24) is 0 Å². The average molecular weight is 294 g/mol.